The third-order valence-electron chi connectivity index (χ3n) is 3.22. The van der Waals surface area contributed by atoms with Gasteiger partial charge in [-0.2, -0.15) is 5.10 Å². The maximum absolute atomic E-state index is 12.2. The molecule has 0 aliphatic carbocycles. The molecule has 1 atom stereocenters. The molecule has 0 aromatic carbocycles. The molecule has 1 N–H and O–H groups in total. The molecule has 0 spiro atoms. The van der Waals surface area contributed by atoms with Crippen molar-refractivity contribution in [3.05, 3.63) is 18.0 Å². The van der Waals surface area contributed by atoms with Crippen LogP contribution in [0.5, 0.6) is 0 Å². The number of likely N-dealkylation sites (N-methyl/N-ethyl adjacent to an activating group) is 1. The van der Waals surface area contributed by atoms with E-state index in [4.69, 9.17) is 0 Å². The third kappa shape index (κ3) is 4.96. The van der Waals surface area contributed by atoms with Gasteiger partial charge in [-0.05, 0) is 24.8 Å². The molecule has 0 fully saturated rings. The van der Waals surface area contributed by atoms with Crippen LogP contribution in [-0.4, -0.2) is 40.7 Å². The first kappa shape index (κ1) is 16.7. The van der Waals surface area contributed by atoms with E-state index in [-0.39, 0.29) is 11.9 Å². The highest BCUT2D eigenvalue weighted by atomic mass is 16.2. The van der Waals surface area contributed by atoms with Crippen molar-refractivity contribution in [2.45, 2.75) is 52.7 Å². The first-order valence-electron chi connectivity index (χ1n) is 7.40. The van der Waals surface area contributed by atoms with E-state index in [0.29, 0.717) is 12.5 Å². The van der Waals surface area contributed by atoms with E-state index >= 15 is 0 Å². The summed E-state index contributed by atoms with van der Waals surface area (Å²) in [5, 5.41) is 7.69. The molecular weight excluding hydrogens is 252 g/mol. The minimum absolute atomic E-state index is 0.130. The molecule has 0 bridgehead atoms. The van der Waals surface area contributed by atoms with E-state index in [2.05, 4.69) is 31.2 Å². The first-order valence-corrected chi connectivity index (χ1v) is 7.40. The Morgan fingerprint density at radius 2 is 2.15 bits per heavy atom. The zero-order chi connectivity index (χ0) is 15.1. The highest BCUT2D eigenvalue weighted by molar-refractivity contribution is 5.81. The Bertz CT molecular complexity index is 412. The molecule has 0 aliphatic rings. The van der Waals surface area contributed by atoms with Crippen molar-refractivity contribution < 1.29 is 4.79 Å². The van der Waals surface area contributed by atoms with Gasteiger partial charge in [-0.1, -0.05) is 20.8 Å². The standard InChI is InChI=1S/C15H28N4O/c1-6-9-19-13(7-8-17-19)11-16-14(10-12(2)3)15(20)18(4)5/h7-8,12,14,16H,6,9-11H2,1-5H3. The summed E-state index contributed by atoms with van der Waals surface area (Å²) in [6.45, 7) is 8.01. The zero-order valence-corrected chi connectivity index (χ0v) is 13.4. The minimum Gasteiger partial charge on any atom is -0.347 e. The molecule has 114 valence electrons. The van der Waals surface area contributed by atoms with E-state index < -0.39 is 0 Å². The normalized spacial score (nSPS) is 12.7. The summed E-state index contributed by atoms with van der Waals surface area (Å²) >= 11 is 0. The molecule has 20 heavy (non-hydrogen) atoms. The van der Waals surface area contributed by atoms with Gasteiger partial charge in [0.05, 0.1) is 11.7 Å². The van der Waals surface area contributed by atoms with E-state index in [1.807, 2.05) is 16.9 Å². The van der Waals surface area contributed by atoms with E-state index in [9.17, 15) is 4.79 Å². The van der Waals surface area contributed by atoms with Crippen LogP contribution in [0.1, 0.15) is 39.3 Å². The average Bonchev–Trinajstić information content (AvgIpc) is 2.81. The van der Waals surface area contributed by atoms with Crippen LogP contribution in [0.15, 0.2) is 12.3 Å². The molecule has 0 saturated carbocycles. The predicted molar refractivity (Wildman–Crippen MR) is 81.3 cm³/mol. The number of rotatable bonds is 8. The van der Waals surface area contributed by atoms with Crippen molar-refractivity contribution in [1.82, 2.24) is 20.0 Å². The Morgan fingerprint density at radius 3 is 2.70 bits per heavy atom. The zero-order valence-electron chi connectivity index (χ0n) is 13.4. The quantitative estimate of drug-likeness (QED) is 0.791. The van der Waals surface area contributed by atoms with Crippen molar-refractivity contribution in [3.63, 3.8) is 0 Å². The molecule has 0 radical (unpaired) electrons. The van der Waals surface area contributed by atoms with Crippen LogP contribution in [0.2, 0.25) is 0 Å². The van der Waals surface area contributed by atoms with Crippen molar-refractivity contribution in [2.24, 2.45) is 5.92 Å². The maximum atomic E-state index is 12.2. The number of hydrogen-bond donors (Lipinski definition) is 1. The molecule has 1 heterocycles. The van der Waals surface area contributed by atoms with Crippen LogP contribution in [0, 0.1) is 5.92 Å². The van der Waals surface area contributed by atoms with Crippen LogP contribution in [0.3, 0.4) is 0 Å². The van der Waals surface area contributed by atoms with Gasteiger partial charge in [0.25, 0.3) is 0 Å². The lowest BCUT2D eigenvalue weighted by Gasteiger charge is -2.23. The third-order valence-corrected chi connectivity index (χ3v) is 3.22. The molecule has 5 heteroatoms. The number of carbonyl (C=O) groups is 1. The second-order valence-corrected chi connectivity index (χ2v) is 5.84. The molecule has 0 aliphatic heterocycles. The molecule has 1 unspecified atom stereocenters. The van der Waals surface area contributed by atoms with Gasteiger partial charge in [-0.3, -0.25) is 9.48 Å². The largest absolute Gasteiger partial charge is 0.347 e. The summed E-state index contributed by atoms with van der Waals surface area (Å²) in [4.78, 5) is 13.8. The SMILES string of the molecule is CCCn1nccc1CNC(CC(C)C)C(=O)N(C)C. The molecule has 1 aromatic rings. The summed E-state index contributed by atoms with van der Waals surface area (Å²) < 4.78 is 2.00. The Hall–Kier alpha value is -1.36. The smallest absolute Gasteiger partial charge is 0.239 e. The van der Waals surface area contributed by atoms with Gasteiger partial charge in [0.15, 0.2) is 0 Å². The maximum Gasteiger partial charge on any atom is 0.239 e. The highest BCUT2D eigenvalue weighted by Crippen LogP contribution is 2.08. The van der Waals surface area contributed by atoms with Gasteiger partial charge in [0.1, 0.15) is 0 Å². The van der Waals surface area contributed by atoms with Crippen LogP contribution < -0.4 is 5.32 Å². The number of amides is 1. The lowest BCUT2D eigenvalue weighted by atomic mass is 10.0. The van der Waals surface area contributed by atoms with Crippen molar-refractivity contribution in [3.8, 4) is 0 Å². The van der Waals surface area contributed by atoms with Crippen LogP contribution in [-0.2, 0) is 17.9 Å². The summed E-state index contributed by atoms with van der Waals surface area (Å²) in [7, 11) is 3.61. The number of hydrogen-bond acceptors (Lipinski definition) is 3. The van der Waals surface area contributed by atoms with Crippen molar-refractivity contribution >= 4 is 5.91 Å². The number of nitrogens with one attached hydrogen (secondary N) is 1. The Balaban J connectivity index is 2.65. The number of carbonyl (C=O) groups excluding carboxylic acids is 1. The summed E-state index contributed by atoms with van der Waals surface area (Å²) in [5.74, 6) is 0.622. The molecule has 5 nitrogen and oxygen atoms in total. The number of nitrogens with zero attached hydrogens (tertiary/aromatic N) is 3. The monoisotopic (exact) mass is 280 g/mol. The minimum atomic E-state index is -0.130. The lowest BCUT2D eigenvalue weighted by molar-refractivity contribution is -0.131. The van der Waals surface area contributed by atoms with Crippen LogP contribution >= 0.6 is 0 Å². The second-order valence-electron chi connectivity index (χ2n) is 5.84. The summed E-state index contributed by atoms with van der Waals surface area (Å²) in [6.07, 6.45) is 3.72. The van der Waals surface area contributed by atoms with E-state index in [1.165, 1.54) is 0 Å². The summed E-state index contributed by atoms with van der Waals surface area (Å²) in [5.41, 5.74) is 1.13. The number of aryl methyl sites for hydroxylation is 1. The lowest BCUT2D eigenvalue weighted by Crippen LogP contribution is -2.44. The van der Waals surface area contributed by atoms with Gasteiger partial charge in [-0.25, -0.2) is 0 Å². The van der Waals surface area contributed by atoms with Crippen LogP contribution in [0.4, 0.5) is 0 Å². The van der Waals surface area contributed by atoms with E-state index in [0.717, 1.165) is 25.1 Å². The average molecular weight is 280 g/mol. The molecule has 1 rings (SSSR count). The fraction of sp³-hybridized carbons (Fsp3) is 0.733. The molecule has 1 amide bonds. The van der Waals surface area contributed by atoms with Crippen molar-refractivity contribution in [1.29, 1.82) is 0 Å². The Kier molecular flexibility index (Phi) is 6.71. The molecular formula is C15H28N4O. The fourth-order valence-corrected chi connectivity index (χ4v) is 2.21. The molecule has 1 aromatic heterocycles. The predicted octanol–water partition coefficient (Wildman–Crippen LogP) is 1.89. The highest BCUT2D eigenvalue weighted by Gasteiger charge is 2.21. The summed E-state index contributed by atoms with van der Waals surface area (Å²) in [6, 6.07) is 1.88. The van der Waals surface area contributed by atoms with Crippen molar-refractivity contribution in [2.75, 3.05) is 14.1 Å². The van der Waals surface area contributed by atoms with E-state index in [1.54, 1.807) is 19.0 Å². The number of aromatic nitrogens is 2. The Morgan fingerprint density at radius 1 is 1.45 bits per heavy atom. The van der Waals surface area contributed by atoms with Gasteiger partial charge in [0.2, 0.25) is 5.91 Å². The van der Waals surface area contributed by atoms with Crippen LogP contribution in [0.25, 0.3) is 0 Å². The topological polar surface area (TPSA) is 50.2 Å². The fourth-order valence-electron chi connectivity index (χ4n) is 2.21. The van der Waals surface area contributed by atoms with Gasteiger partial charge in [-0.15, -0.1) is 0 Å². The second kappa shape index (κ2) is 8.04. The van der Waals surface area contributed by atoms with Gasteiger partial charge >= 0.3 is 0 Å². The first-order chi connectivity index (χ1) is 9.45. The van der Waals surface area contributed by atoms with Gasteiger partial charge in [0, 0.05) is 33.4 Å². The van der Waals surface area contributed by atoms with Gasteiger partial charge < -0.3 is 10.2 Å². The Labute approximate surface area is 122 Å². The molecule has 0 saturated heterocycles.